The van der Waals surface area contributed by atoms with E-state index in [-0.39, 0.29) is 25.9 Å². The summed E-state index contributed by atoms with van der Waals surface area (Å²) in [5.74, 6) is -2.43. The van der Waals surface area contributed by atoms with Crippen molar-refractivity contribution in [2.75, 3.05) is 33.7 Å². The van der Waals surface area contributed by atoms with Gasteiger partial charge in [0.1, 0.15) is 19.0 Å². The van der Waals surface area contributed by atoms with E-state index >= 15 is 0 Å². The Hall–Kier alpha value is -1.81. The molecule has 1 fully saturated rings. The van der Waals surface area contributed by atoms with Gasteiger partial charge in [-0.25, -0.2) is 4.79 Å². The molecule has 1 aromatic carbocycles. The molecule has 1 heterocycles. The first-order valence-corrected chi connectivity index (χ1v) is 9.08. The Bertz CT molecular complexity index is 607. The summed E-state index contributed by atoms with van der Waals surface area (Å²) in [5.41, 5.74) is 0.375. The first-order chi connectivity index (χ1) is 13.5. The van der Waals surface area contributed by atoms with Gasteiger partial charge in [-0.15, -0.1) is 6.58 Å². The molecule has 0 amide bonds. The summed E-state index contributed by atoms with van der Waals surface area (Å²) in [7, 11) is 1.57. The Morgan fingerprint density at radius 1 is 1.39 bits per heavy atom. The van der Waals surface area contributed by atoms with Crippen molar-refractivity contribution < 1.29 is 38.3 Å². The zero-order valence-corrected chi connectivity index (χ0v) is 16.2. The predicted molar refractivity (Wildman–Crippen MR) is 99.5 cm³/mol. The van der Waals surface area contributed by atoms with E-state index in [1.165, 1.54) is 6.08 Å². The number of methoxy groups -OCH3 is 1. The van der Waals surface area contributed by atoms with Gasteiger partial charge in [0.25, 0.3) is 5.97 Å². The third-order valence-electron chi connectivity index (χ3n) is 4.03. The fraction of sp³-hybridized carbons (Fsp3) is 0.550. The van der Waals surface area contributed by atoms with Crippen LogP contribution in [0.4, 0.5) is 0 Å². The summed E-state index contributed by atoms with van der Waals surface area (Å²) in [6, 6.07) is 8.53. The highest BCUT2D eigenvalue weighted by Crippen LogP contribution is 2.29. The first kappa shape index (κ1) is 22.5. The Morgan fingerprint density at radius 3 is 2.75 bits per heavy atom. The van der Waals surface area contributed by atoms with E-state index in [1.807, 2.05) is 0 Å². The standard InChI is InChI=1S/C20H28O8/c1-4-17(25-14-24-11-10-23-3)18(12-20(22)26-13-15(2)28-20)27-19(21)16-8-6-5-7-9-16/h4-9,15,17-18,22H,1,10-14H2,2-3H3/t15?,17-,18-,20?/m1/s1. The molecule has 28 heavy (non-hydrogen) atoms. The number of hydrogen-bond acceptors (Lipinski definition) is 8. The maximum atomic E-state index is 12.5. The van der Waals surface area contributed by atoms with Gasteiger partial charge in [0, 0.05) is 7.11 Å². The van der Waals surface area contributed by atoms with E-state index in [2.05, 4.69) is 6.58 Å². The molecule has 1 aliphatic rings. The van der Waals surface area contributed by atoms with Gasteiger partial charge in [0.05, 0.1) is 37.9 Å². The highest BCUT2D eigenvalue weighted by molar-refractivity contribution is 5.89. The maximum Gasteiger partial charge on any atom is 0.338 e. The molecule has 8 nitrogen and oxygen atoms in total. The average molecular weight is 396 g/mol. The molecular formula is C20H28O8. The van der Waals surface area contributed by atoms with Crippen molar-refractivity contribution in [3.8, 4) is 0 Å². The number of benzene rings is 1. The molecule has 1 aromatic rings. The van der Waals surface area contributed by atoms with Crippen LogP contribution in [-0.4, -0.2) is 69.1 Å². The van der Waals surface area contributed by atoms with Gasteiger partial charge in [-0.2, -0.15) is 0 Å². The van der Waals surface area contributed by atoms with Crippen LogP contribution in [0.1, 0.15) is 23.7 Å². The van der Waals surface area contributed by atoms with Crippen LogP contribution in [0, 0.1) is 0 Å². The van der Waals surface area contributed by atoms with Crippen LogP contribution in [0.3, 0.4) is 0 Å². The van der Waals surface area contributed by atoms with Gasteiger partial charge in [-0.05, 0) is 19.1 Å². The minimum Gasteiger partial charge on any atom is -0.455 e. The Labute approximate surface area is 164 Å². The van der Waals surface area contributed by atoms with Gasteiger partial charge in [-0.3, -0.25) is 0 Å². The molecule has 8 heteroatoms. The molecule has 4 atom stereocenters. The third kappa shape index (κ3) is 6.97. The zero-order valence-electron chi connectivity index (χ0n) is 16.2. The number of carbonyl (C=O) groups excluding carboxylic acids is 1. The lowest BCUT2D eigenvalue weighted by Gasteiger charge is -2.30. The van der Waals surface area contributed by atoms with Crippen molar-refractivity contribution in [3.63, 3.8) is 0 Å². The summed E-state index contributed by atoms with van der Waals surface area (Å²) < 4.78 is 32.2. The largest absolute Gasteiger partial charge is 0.455 e. The molecule has 0 radical (unpaired) electrons. The molecule has 1 aliphatic heterocycles. The topological polar surface area (TPSA) is 92.7 Å². The number of rotatable bonds is 12. The number of carbonyl (C=O) groups is 1. The lowest BCUT2D eigenvalue weighted by atomic mass is 10.1. The Morgan fingerprint density at radius 2 is 2.14 bits per heavy atom. The lowest BCUT2D eigenvalue weighted by Crippen LogP contribution is -2.42. The summed E-state index contributed by atoms with van der Waals surface area (Å²) in [6.07, 6.45) is -0.612. The molecule has 1 saturated heterocycles. The number of esters is 1. The SMILES string of the molecule is C=C[C@@H](OCOCCOC)[C@@H](CC1(O)OCC(C)O1)OC(=O)c1ccccc1. The van der Waals surface area contributed by atoms with E-state index in [0.29, 0.717) is 18.8 Å². The van der Waals surface area contributed by atoms with E-state index in [0.717, 1.165) is 0 Å². The molecule has 0 aromatic heterocycles. The molecule has 0 bridgehead atoms. The van der Waals surface area contributed by atoms with E-state index in [4.69, 9.17) is 28.4 Å². The highest BCUT2D eigenvalue weighted by Gasteiger charge is 2.43. The average Bonchev–Trinajstić information content (AvgIpc) is 3.03. The number of ether oxygens (including phenoxy) is 6. The third-order valence-corrected chi connectivity index (χ3v) is 4.03. The van der Waals surface area contributed by atoms with Crippen molar-refractivity contribution in [1.82, 2.24) is 0 Å². The molecular weight excluding hydrogens is 368 g/mol. The second kappa shape index (κ2) is 11.3. The van der Waals surface area contributed by atoms with Crippen LogP contribution in [0.25, 0.3) is 0 Å². The van der Waals surface area contributed by atoms with Crippen molar-refractivity contribution in [2.24, 2.45) is 0 Å². The Balaban J connectivity index is 2.05. The molecule has 156 valence electrons. The Kier molecular flexibility index (Phi) is 9.04. The fourth-order valence-corrected chi connectivity index (χ4v) is 2.65. The second-order valence-electron chi connectivity index (χ2n) is 6.35. The van der Waals surface area contributed by atoms with Crippen molar-refractivity contribution in [2.45, 2.75) is 37.6 Å². The quantitative estimate of drug-likeness (QED) is 0.248. The summed E-state index contributed by atoms with van der Waals surface area (Å²) in [6.45, 7) is 6.45. The minimum atomic E-state index is -1.87. The van der Waals surface area contributed by atoms with Crippen molar-refractivity contribution in [1.29, 1.82) is 0 Å². The lowest BCUT2D eigenvalue weighted by molar-refractivity contribution is -0.325. The van der Waals surface area contributed by atoms with Crippen LogP contribution in [0.2, 0.25) is 0 Å². The molecule has 0 spiro atoms. The number of aliphatic hydroxyl groups is 1. The highest BCUT2D eigenvalue weighted by atomic mass is 16.9. The molecule has 0 saturated carbocycles. The van der Waals surface area contributed by atoms with Gasteiger partial charge in [0.2, 0.25) is 0 Å². The van der Waals surface area contributed by atoms with Crippen LogP contribution < -0.4 is 0 Å². The summed E-state index contributed by atoms with van der Waals surface area (Å²) >= 11 is 0. The van der Waals surface area contributed by atoms with Crippen LogP contribution in [-0.2, 0) is 28.4 Å². The monoisotopic (exact) mass is 396 g/mol. The van der Waals surface area contributed by atoms with Crippen LogP contribution >= 0.6 is 0 Å². The predicted octanol–water partition coefficient (Wildman–Crippen LogP) is 1.88. The zero-order chi connectivity index (χ0) is 20.4. The van der Waals surface area contributed by atoms with Gasteiger partial charge in [-0.1, -0.05) is 24.3 Å². The van der Waals surface area contributed by atoms with E-state index in [1.54, 1.807) is 44.4 Å². The molecule has 1 N–H and O–H groups in total. The van der Waals surface area contributed by atoms with Gasteiger partial charge >= 0.3 is 5.97 Å². The van der Waals surface area contributed by atoms with Gasteiger partial charge in [0.15, 0.2) is 0 Å². The summed E-state index contributed by atoms with van der Waals surface area (Å²) in [4.78, 5) is 12.5. The van der Waals surface area contributed by atoms with Crippen LogP contribution in [0.15, 0.2) is 43.0 Å². The number of hydrogen-bond donors (Lipinski definition) is 1. The fourth-order valence-electron chi connectivity index (χ4n) is 2.65. The van der Waals surface area contributed by atoms with Crippen molar-refractivity contribution >= 4 is 5.97 Å². The second-order valence-corrected chi connectivity index (χ2v) is 6.35. The van der Waals surface area contributed by atoms with Crippen molar-refractivity contribution in [3.05, 3.63) is 48.6 Å². The first-order valence-electron chi connectivity index (χ1n) is 9.08. The smallest absolute Gasteiger partial charge is 0.338 e. The molecule has 2 unspecified atom stereocenters. The van der Waals surface area contributed by atoms with Gasteiger partial charge < -0.3 is 33.5 Å². The summed E-state index contributed by atoms with van der Waals surface area (Å²) in [5, 5.41) is 10.5. The van der Waals surface area contributed by atoms with Crippen LogP contribution in [0.5, 0.6) is 0 Å². The van der Waals surface area contributed by atoms with E-state index < -0.39 is 24.2 Å². The minimum absolute atomic E-state index is 0.0595. The molecule has 0 aliphatic carbocycles. The van der Waals surface area contributed by atoms with E-state index in [9.17, 15) is 9.90 Å². The molecule has 2 rings (SSSR count). The normalized spacial score (nSPS) is 23.9. The maximum absolute atomic E-state index is 12.5.